The number of methoxy groups -OCH3 is 1. The van der Waals surface area contributed by atoms with Crippen molar-refractivity contribution in [2.75, 3.05) is 32.2 Å². The number of rotatable bonds is 8. The van der Waals surface area contributed by atoms with E-state index >= 15 is 0 Å². The molecule has 0 atom stereocenters. The summed E-state index contributed by atoms with van der Waals surface area (Å²) in [6.45, 7) is 1.01. The van der Waals surface area contributed by atoms with Crippen LogP contribution in [0.5, 0.6) is 0 Å². The van der Waals surface area contributed by atoms with Crippen LogP contribution in [0.1, 0.15) is 19.3 Å². The normalized spacial score (nSPS) is 10.1. The molecule has 0 aromatic heterocycles. The lowest BCUT2D eigenvalue weighted by Gasteiger charge is -2.17. The van der Waals surface area contributed by atoms with Crippen LogP contribution in [-0.4, -0.2) is 39.1 Å². The van der Waals surface area contributed by atoms with Gasteiger partial charge in [-0.05, 0) is 18.6 Å². The molecule has 0 spiro atoms. The highest BCUT2D eigenvalue weighted by Gasteiger charge is 2.11. The van der Waals surface area contributed by atoms with Crippen molar-refractivity contribution in [3.63, 3.8) is 0 Å². The zero-order valence-electron chi connectivity index (χ0n) is 12.1. The van der Waals surface area contributed by atoms with Crippen molar-refractivity contribution < 1.29 is 14.3 Å². The van der Waals surface area contributed by atoms with Crippen molar-refractivity contribution in [1.29, 1.82) is 0 Å². The standard InChI is InChI=1S/C15H22N2O3/c1-17(13-7-4-3-5-8-13)15(19)10-6-9-14(18)16-11-12-20-2/h3-5,7-8H,6,9-12H2,1-2H3,(H,16,18). The van der Waals surface area contributed by atoms with Gasteiger partial charge < -0.3 is 15.0 Å². The maximum atomic E-state index is 12.0. The third-order valence-electron chi connectivity index (χ3n) is 2.94. The minimum Gasteiger partial charge on any atom is -0.383 e. The van der Waals surface area contributed by atoms with Gasteiger partial charge in [0, 0.05) is 39.2 Å². The Morgan fingerprint density at radius 3 is 2.55 bits per heavy atom. The number of anilines is 1. The van der Waals surface area contributed by atoms with Crippen molar-refractivity contribution in [1.82, 2.24) is 5.32 Å². The van der Waals surface area contributed by atoms with E-state index in [9.17, 15) is 9.59 Å². The van der Waals surface area contributed by atoms with E-state index in [2.05, 4.69) is 5.32 Å². The number of hydrogen-bond acceptors (Lipinski definition) is 3. The van der Waals surface area contributed by atoms with Crippen LogP contribution in [0.2, 0.25) is 0 Å². The first-order chi connectivity index (χ1) is 9.65. The van der Waals surface area contributed by atoms with Crippen LogP contribution in [0.25, 0.3) is 0 Å². The number of para-hydroxylation sites is 1. The molecule has 20 heavy (non-hydrogen) atoms. The third kappa shape index (κ3) is 5.84. The summed E-state index contributed by atoms with van der Waals surface area (Å²) < 4.78 is 4.84. The second-order valence-electron chi connectivity index (χ2n) is 4.48. The average molecular weight is 278 g/mol. The van der Waals surface area contributed by atoms with Gasteiger partial charge in [-0.3, -0.25) is 9.59 Å². The van der Waals surface area contributed by atoms with E-state index in [-0.39, 0.29) is 11.8 Å². The molecule has 0 unspecified atom stereocenters. The lowest BCUT2D eigenvalue weighted by Crippen LogP contribution is -2.28. The van der Waals surface area contributed by atoms with Gasteiger partial charge in [-0.25, -0.2) is 0 Å². The molecule has 1 aromatic rings. The van der Waals surface area contributed by atoms with Gasteiger partial charge in [-0.2, -0.15) is 0 Å². The Labute approximate surface area is 119 Å². The fraction of sp³-hybridized carbons (Fsp3) is 0.467. The Morgan fingerprint density at radius 2 is 1.90 bits per heavy atom. The Kier molecular flexibility index (Phi) is 7.35. The summed E-state index contributed by atoms with van der Waals surface area (Å²) in [6, 6.07) is 9.46. The minimum absolute atomic E-state index is 0.0147. The maximum absolute atomic E-state index is 12.0. The number of carbonyl (C=O) groups is 2. The first kappa shape index (κ1) is 16.2. The van der Waals surface area contributed by atoms with E-state index in [1.165, 1.54) is 0 Å². The molecule has 0 aliphatic rings. The highest BCUT2D eigenvalue weighted by atomic mass is 16.5. The van der Waals surface area contributed by atoms with E-state index < -0.39 is 0 Å². The van der Waals surface area contributed by atoms with E-state index in [1.54, 1.807) is 19.1 Å². The highest BCUT2D eigenvalue weighted by Crippen LogP contribution is 2.13. The summed E-state index contributed by atoms with van der Waals surface area (Å²) in [5, 5.41) is 2.73. The quantitative estimate of drug-likeness (QED) is 0.735. The van der Waals surface area contributed by atoms with Crippen LogP contribution >= 0.6 is 0 Å². The van der Waals surface area contributed by atoms with Gasteiger partial charge in [0.25, 0.3) is 0 Å². The smallest absolute Gasteiger partial charge is 0.226 e. The van der Waals surface area contributed by atoms with E-state index in [1.807, 2.05) is 30.3 Å². The Bertz CT molecular complexity index is 420. The number of benzene rings is 1. The monoisotopic (exact) mass is 278 g/mol. The SMILES string of the molecule is COCCNC(=O)CCCC(=O)N(C)c1ccccc1. The average Bonchev–Trinajstić information content (AvgIpc) is 2.47. The van der Waals surface area contributed by atoms with Gasteiger partial charge in [-0.15, -0.1) is 0 Å². The van der Waals surface area contributed by atoms with Crippen molar-refractivity contribution in [3.05, 3.63) is 30.3 Å². The molecule has 5 nitrogen and oxygen atoms in total. The first-order valence-electron chi connectivity index (χ1n) is 6.72. The maximum Gasteiger partial charge on any atom is 0.226 e. The molecule has 0 radical (unpaired) electrons. The summed E-state index contributed by atoms with van der Waals surface area (Å²) in [7, 11) is 3.33. The molecule has 0 bridgehead atoms. The van der Waals surface area contributed by atoms with Crippen LogP contribution in [0.3, 0.4) is 0 Å². The summed E-state index contributed by atoms with van der Waals surface area (Å²) in [4.78, 5) is 25.0. The molecule has 0 aliphatic heterocycles. The molecule has 0 fully saturated rings. The van der Waals surface area contributed by atoms with Gasteiger partial charge in [0.15, 0.2) is 0 Å². The van der Waals surface area contributed by atoms with Crippen LogP contribution in [0.4, 0.5) is 5.69 Å². The number of amides is 2. The zero-order chi connectivity index (χ0) is 14.8. The van der Waals surface area contributed by atoms with Crippen molar-refractivity contribution in [2.24, 2.45) is 0 Å². The molecule has 1 aromatic carbocycles. The molecule has 0 saturated heterocycles. The highest BCUT2D eigenvalue weighted by molar-refractivity contribution is 5.92. The van der Waals surface area contributed by atoms with Crippen LogP contribution in [-0.2, 0) is 14.3 Å². The lowest BCUT2D eigenvalue weighted by atomic mass is 10.2. The fourth-order valence-electron chi connectivity index (χ4n) is 1.74. The van der Waals surface area contributed by atoms with Gasteiger partial charge in [0.1, 0.15) is 0 Å². The van der Waals surface area contributed by atoms with Gasteiger partial charge in [0.05, 0.1) is 6.61 Å². The summed E-state index contributed by atoms with van der Waals surface area (Å²) in [5.74, 6) is -0.0295. The minimum atomic E-state index is -0.0442. The van der Waals surface area contributed by atoms with Crippen molar-refractivity contribution >= 4 is 17.5 Å². The number of ether oxygens (including phenoxy) is 1. The first-order valence-corrected chi connectivity index (χ1v) is 6.72. The number of nitrogens with zero attached hydrogens (tertiary/aromatic N) is 1. The van der Waals surface area contributed by atoms with Gasteiger partial charge in [0.2, 0.25) is 11.8 Å². The lowest BCUT2D eigenvalue weighted by molar-refractivity contribution is -0.121. The number of carbonyl (C=O) groups excluding carboxylic acids is 2. The predicted octanol–water partition coefficient (Wildman–Crippen LogP) is 1.58. The summed E-state index contributed by atoms with van der Waals surface area (Å²) in [5.41, 5.74) is 0.863. The largest absolute Gasteiger partial charge is 0.383 e. The molecule has 1 N–H and O–H groups in total. The van der Waals surface area contributed by atoms with Gasteiger partial charge >= 0.3 is 0 Å². The van der Waals surface area contributed by atoms with E-state index in [4.69, 9.17) is 4.74 Å². The second-order valence-corrected chi connectivity index (χ2v) is 4.48. The molecule has 0 saturated carbocycles. The molecule has 0 aliphatic carbocycles. The van der Waals surface area contributed by atoms with Gasteiger partial charge in [-0.1, -0.05) is 18.2 Å². The topological polar surface area (TPSA) is 58.6 Å². The zero-order valence-corrected chi connectivity index (χ0v) is 12.1. The molecular formula is C15H22N2O3. The molecular weight excluding hydrogens is 256 g/mol. The number of nitrogens with one attached hydrogen (secondary N) is 1. The summed E-state index contributed by atoms with van der Waals surface area (Å²) >= 11 is 0. The Hall–Kier alpha value is -1.88. The predicted molar refractivity (Wildman–Crippen MR) is 78.6 cm³/mol. The molecule has 2 amide bonds. The van der Waals surface area contributed by atoms with Crippen molar-refractivity contribution in [3.8, 4) is 0 Å². The van der Waals surface area contributed by atoms with Crippen LogP contribution < -0.4 is 10.2 Å². The fourth-order valence-corrected chi connectivity index (χ4v) is 1.74. The molecule has 0 heterocycles. The Balaban J connectivity index is 2.24. The summed E-state index contributed by atoms with van der Waals surface area (Å²) in [6.07, 6.45) is 1.27. The Morgan fingerprint density at radius 1 is 1.20 bits per heavy atom. The van der Waals surface area contributed by atoms with E-state index in [0.717, 1.165) is 5.69 Å². The molecule has 1 rings (SSSR count). The second kappa shape index (κ2) is 9.09. The van der Waals surface area contributed by atoms with Crippen LogP contribution in [0.15, 0.2) is 30.3 Å². The third-order valence-corrected chi connectivity index (χ3v) is 2.94. The number of hydrogen-bond donors (Lipinski definition) is 1. The molecule has 5 heteroatoms. The van der Waals surface area contributed by atoms with E-state index in [0.29, 0.717) is 32.4 Å². The molecule has 110 valence electrons. The van der Waals surface area contributed by atoms with Crippen molar-refractivity contribution in [2.45, 2.75) is 19.3 Å². The van der Waals surface area contributed by atoms with Crippen LogP contribution in [0, 0.1) is 0 Å².